The highest BCUT2D eigenvalue weighted by atomic mass is 19.4. The molecule has 1 aromatic heterocycles. The lowest BCUT2D eigenvalue weighted by molar-refractivity contribution is -0.275. The second kappa shape index (κ2) is 7.85. The number of rotatable bonds is 6. The van der Waals surface area contributed by atoms with Gasteiger partial charge in [-0.05, 0) is 35.5 Å². The van der Waals surface area contributed by atoms with Crippen molar-refractivity contribution in [3.05, 3.63) is 35.7 Å². The van der Waals surface area contributed by atoms with Gasteiger partial charge in [-0.2, -0.15) is 4.98 Å². The van der Waals surface area contributed by atoms with Crippen LogP contribution in [0.1, 0.15) is 36.6 Å². The zero-order chi connectivity index (χ0) is 19.4. The third-order valence-corrected chi connectivity index (χ3v) is 4.37. The van der Waals surface area contributed by atoms with Crippen molar-refractivity contribution in [1.82, 2.24) is 10.1 Å². The van der Waals surface area contributed by atoms with Crippen LogP contribution in [0, 0.1) is 0 Å². The summed E-state index contributed by atoms with van der Waals surface area (Å²) in [7, 11) is 0. The highest BCUT2D eigenvalue weighted by molar-refractivity contribution is 5.66. The monoisotopic (exact) mass is 385 g/mol. The highest BCUT2D eigenvalue weighted by Crippen LogP contribution is 2.37. The Morgan fingerprint density at radius 2 is 2.00 bits per heavy atom. The third kappa shape index (κ3) is 5.11. The number of piperidine rings is 1. The summed E-state index contributed by atoms with van der Waals surface area (Å²) < 4.78 is 47.0. The fraction of sp³-hybridized carbons (Fsp3) is 0.471. The number of halogens is 3. The van der Waals surface area contributed by atoms with E-state index in [2.05, 4.69) is 14.9 Å². The predicted octanol–water partition coefficient (Wildman–Crippen LogP) is 3.37. The first-order valence-electron chi connectivity index (χ1n) is 8.46. The quantitative estimate of drug-likeness (QED) is 0.815. The molecular weight excluding hydrogens is 367 g/mol. The summed E-state index contributed by atoms with van der Waals surface area (Å²) in [6.07, 6.45) is -3.46. The number of para-hydroxylation sites is 1. The number of anilines is 1. The molecule has 2 heterocycles. The number of carbonyl (C=O) groups is 1. The normalized spacial score (nSPS) is 15.7. The summed E-state index contributed by atoms with van der Waals surface area (Å²) >= 11 is 0. The average Bonchev–Trinajstić information content (AvgIpc) is 3.08. The molecule has 1 aliphatic heterocycles. The smallest absolute Gasteiger partial charge is 0.481 e. The molecule has 3 rings (SSSR count). The van der Waals surface area contributed by atoms with E-state index in [1.54, 1.807) is 12.1 Å². The number of benzene rings is 1. The minimum absolute atomic E-state index is 0.0711. The molecule has 0 saturated carbocycles. The summed E-state index contributed by atoms with van der Waals surface area (Å²) in [4.78, 5) is 16.6. The van der Waals surface area contributed by atoms with E-state index in [4.69, 9.17) is 9.63 Å². The highest BCUT2D eigenvalue weighted by Gasteiger charge is 2.33. The summed E-state index contributed by atoms with van der Waals surface area (Å²) in [5.41, 5.74) is 0.532. The third-order valence-electron chi connectivity index (χ3n) is 4.37. The minimum Gasteiger partial charge on any atom is -0.481 e. The van der Waals surface area contributed by atoms with Crippen molar-refractivity contribution in [3.8, 4) is 5.75 Å². The lowest BCUT2D eigenvalue weighted by atomic mass is 9.89. The molecule has 27 heavy (non-hydrogen) atoms. The topological polar surface area (TPSA) is 88.7 Å². The Bertz CT molecular complexity index is 786. The van der Waals surface area contributed by atoms with Crippen LogP contribution in [-0.2, 0) is 11.2 Å². The molecule has 2 aromatic rings. The molecule has 10 heteroatoms. The van der Waals surface area contributed by atoms with Crippen LogP contribution in [0.5, 0.6) is 5.75 Å². The molecule has 0 spiro atoms. The van der Waals surface area contributed by atoms with Crippen LogP contribution in [-0.4, -0.2) is 40.7 Å². The van der Waals surface area contributed by atoms with Crippen LogP contribution in [0.3, 0.4) is 0 Å². The maximum Gasteiger partial charge on any atom is 0.573 e. The molecule has 7 nitrogen and oxygen atoms in total. The second-order valence-electron chi connectivity index (χ2n) is 6.23. The molecule has 0 amide bonds. The number of hydrogen-bond acceptors (Lipinski definition) is 6. The molecule has 0 aliphatic carbocycles. The number of carboxylic acids is 1. The number of nitrogens with zero attached hydrogens (tertiary/aromatic N) is 3. The molecule has 0 atom stereocenters. The van der Waals surface area contributed by atoms with E-state index in [-0.39, 0.29) is 30.4 Å². The maximum absolute atomic E-state index is 12.6. The van der Waals surface area contributed by atoms with Crippen molar-refractivity contribution in [3.63, 3.8) is 0 Å². The lowest BCUT2D eigenvalue weighted by Crippen LogP contribution is -2.34. The molecule has 1 aromatic carbocycles. The Labute approximate surface area is 152 Å². The van der Waals surface area contributed by atoms with Crippen molar-refractivity contribution in [2.75, 3.05) is 18.0 Å². The van der Waals surface area contributed by atoms with Gasteiger partial charge in [0, 0.05) is 19.5 Å². The van der Waals surface area contributed by atoms with Gasteiger partial charge < -0.3 is 19.3 Å². The number of carboxylic acid groups (broad SMARTS) is 1. The minimum atomic E-state index is -4.73. The summed E-state index contributed by atoms with van der Waals surface area (Å²) in [6, 6.07) is 6.18. The Kier molecular flexibility index (Phi) is 5.52. The van der Waals surface area contributed by atoms with Crippen LogP contribution >= 0.6 is 0 Å². The molecule has 0 unspecified atom stereocenters. The van der Waals surface area contributed by atoms with E-state index in [1.807, 2.05) is 4.90 Å². The van der Waals surface area contributed by atoms with Crippen LogP contribution in [0.25, 0.3) is 0 Å². The van der Waals surface area contributed by atoms with E-state index in [9.17, 15) is 18.0 Å². The first-order chi connectivity index (χ1) is 12.8. The van der Waals surface area contributed by atoms with E-state index < -0.39 is 12.3 Å². The van der Waals surface area contributed by atoms with Gasteiger partial charge >= 0.3 is 12.3 Å². The first kappa shape index (κ1) is 19.0. The van der Waals surface area contributed by atoms with Crippen molar-refractivity contribution >= 4 is 11.9 Å². The van der Waals surface area contributed by atoms with E-state index in [0.717, 1.165) is 0 Å². The van der Waals surface area contributed by atoms with Crippen molar-refractivity contribution in [2.45, 2.75) is 38.0 Å². The molecule has 0 radical (unpaired) electrons. The fourth-order valence-corrected chi connectivity index (χ4v) is 3.12. The van der Waals surface area contributed by atoms with Crippen molar-refractivity contribution < 1.29 is 32.3 Å². The van der Waals surface area contributed by atoms with Crippen LogP contribution < -0.4 is 9.64 Å². The molecule has 1 aliphatic rings. The fourth-order valence-electron chi connectivity index (χ4n) is 3.12. The molecular formula is C17H18F3N3O4. The molecule has 1 saturated heterocycles. The first-order valence-corrected chi connectivity index (χ1v) is 8.46. The molecule has 0 bridgehead atoms. The summed E-state index contributed by atoms with van der Waals surface area (Å²) in [5, 5.41) is 12.5. The summed E-state index contributed by atoms with van der Waals surface area (Å²) in [5.74, 6) is -0.570. The van der Waals surface area contributed by atoms with E-state index >= 15 is 0 Å². The average molecular weight is 385 g/mol. The largest absolute Gasteiger partial charge is 0.573 e. The Hall–Kier alpha value is -2.78. The Morgan fingerprint density at radius 1 is 1.30 bits per heavy atom. The number of ether oxygens (including phenoxy) is 1. The van der Waals surface area contributed by atoms with E-state index in [0.29, 0.717) is 37.4 Å². The number of hydrogen-bond donors (Lipinski definition) is 1. The SMILES string of the molecule is O=C(O)CCc1nc(N2CCC(c3ccccc3OC(F)(F)F)CC2)no1. The van der Waals surface area contributed by atoms with Gasteiger partial charge in [-0.25, -0.2) is 0 Å². The van der Waals surface area contributed by atoms with Gasteiger partial charge in [0.15, 0.2) is 0 Å². The number of aryl methyl sites for hydroxylation is 1. The van der Waals surface area contributed by atoms with Crippen molar-refractivity contribution in [2.24, 2.45) is 0 Å². The van der Waals surface area contributed by atoms with Gasteiger partial charge in [0.25, 0.3) is 5.95 Å². The number of alkyl halides is 3. The Balaban J connectivity index is 1.62. The van der Waals surface area contributed by atoms with Gasteiger partial charge in [0.2, 0.25) is 5.89 Å². The van der Waals surface area contributed by atoms with Crippen LogP contribution in [0.4, 0.5) is 19.1 Å². The van der Waals surface area contributed by atoms with Gasteiger partial charge in [0.05, 0.1) is 6.42 Å². The van der Waals surface area contributed by atoms with Crippen LogP contribution in [0.2, 0.25) is 0 Å². The van der Waals surface area contributed by atoms with Gasteiger partial charge in [0.1, 0.15) is 5.75 Å². The maximum atomic E-state index is 12.6. The van der Waals surface area contributed by atoms with Crippen LogP contribution in [0.15, 0.2) is 28.8 Å². The van der Waals surface area contributed by atoms with Gasteiger partial charge in [-0.15, -0.1) is 13.2 Å². The van der Waals surface area contributed by atoms with E-state index in [1.165, 1.54) is 12.1 Å². The molecule has 1 fully saturated rings. The number of aliphatic carboxylic acids is 1. The molecule has 1 N–H and O–H groups in total. The van der Waals surface area contributed by atoms with Crippen molar-refractivity contribution in [1.29, 1.82) is 0 Å². The Morgan fingerprint density at radius 3 is 2.67 bits per heavy atom. The second-order valence-corrected chi connectivity index (χ2v) is 6.23. The number of aromatic nitrogens is 2. The lowest BCUT2D eigenvalue weighted by Gasteiger charge is -2.31. The molecule has 146 valence electrons. The van der Waals surface area contributed by atoms with Gasteiger partial charge in [-0.1, -0.05) is 18.2 Å². The standard InChI is InChI=1S/C17H18F3N3O4/c18-17(19,20)26-13-4-2-1-3-12(13)11-7-9-23(10-8-11)16-21-14(27-22-16)5-6-15(24)25/h1-4,11H,5-10H2,(H,24,25). The zero-order valence-corrected chi connectivity index (χ0v) is 14.3. The summed E-state index contributed by atoms with van der Waals surface area (Å²) in [6.45, 7) is 1.09. The predicted molar refractivity (Wildman–Crippen MR) is 87.6 cm³/mol. The van der Waals surface area contributed by atoms with Gasteiger partial charge in [-0.3, -0.25) is 4.79 Å². The zero-order valence-electron chi connectivity index (χ0n) is 14.3.